The second-order valence-electron chi connectivity index (χ2n) is 2.65. The van der Waals surface area contributed by atoms with E-state index in [2.05, 4.69) is 5.10 Å². The molecule has 4 heteroatoms. The Morgan fingerprint density at radius 3 is 2.92 bits per heavy atom. The summed E-state index contributed by atoms with van der Waals surface area (Å²) in [4.78, 5) is 0. The maximum Gasteiger partial charge on any atom is 0.0715 e. The summed E-state index contributed by atoms with van der Waals surface area (Å²) in [6.07, 6.45) is 1.84. The van der Waals surface area contributed by atoms with Gasteiger partial charge in [0.1, 0.15) is 0 Å². The van der Waals surface area contributed by atoms with Crippen LogP contribution in [-0.2, 0) is 17.9 Å². The lowest BCUT2D eigenvalue weighted by Crippen LogP contribution is -2.04. The van der Waals surface area contributed by atoms with Gasteiger partial charge in [-0.3, -0.25) is 4.68 Å². The van der Waals surface area contributed by atoms with Gasteiger partial charge in [0, 0.05) is 18.9 Å². The molecule has 0 aliphatic heterocycles. The number of rotatable bonds is 4. The number of nitrogens with zero attached hydrogens (tertiary/aromatic N) is 2. The molecule has 0 saturated heterocycles. The molecule has 0 amide bonds. The van der Waals surface area contributed by atoms with E-state index in [1.165, 1.54) is 0 Å². The van der Waals surface area contributed by atoms with Gasteiger partial charge in [-0.15, -0.1) is 0 Å². The average Bonchev–Trinajstić information content (AvgIpc) is 2.43. The van der Waals surface area contributed by atoms with E-state index in [0.717, 1.165) is 17.8 Å². The Morgan fingerprint density at radius 1 is 1.67 bits per heavy atom. The van der Waals surface area contributed by atoms with Crippen LogP contribution in [0.5, 0.6) is 0 Å². The fourth-order valence-corrected chi connectivity index (χ4v) is 1.01. The van der Waals surface area contributed by atoms with Gasteiger partial charge >= 0.3 is 0 Å². The van der Waals surface area contributed by atoms with Crippen molar-refractivity contribution in [1.29, 1.82) is 0 Å². The Balaban J connectivity index is 2.62. The van der Waals surface area contributed by atoms with Crippen molar-refractivity contribution in [3.8, 4) is 0 Å². The molecule has 1 aromatic rings. The highest BCUT2D eigenvalue weighted by molar-refractivity contribution is 5.13. The van der Waals surface area contributed by atoms with Crippen LogP contribution in [0.25, 0.3) is 0 Å². The summed E-state index contributed by atoms with van der Waals surface area (Å²) < 4.78 is 6.69. The highest BCUT2D eigenvalue weighted by Crippen LogP contribution is 2.04. The third-order valence-corrected chi connectivity index (χ3v) is 1.74. The van der Waals surface area contributed by atoms with E-state index >= 15 is 0 Å². The van der Waals surface area contributed by atoms with Crippen LogP contribution in [0.3, 0.4) is 0 Å². The van der Waals surface area contributed by atoms with Gasteiger partial charge < -0.3 is 9.84 Å². The number of hydrogen-bond acceptors (Lipinski definition) is 3. The first kappa shape index (κ1) is 9.22. The smallest absolute Gasteiger partial charge is 0.0715 e. The van der Waals surface area contributed by atoms with Crippen LogP contribution >= 0.6 is 0 Å². The van der Waals surface area contributed by atoms with Crippen molar-refractivity contribution < 1.29 is 9.84 Å². The summed E-state index contributed by atoms with van der Waals surface area (Å²) >= 11 is 0. The zero-order chi connectivity index (χ0) is 8.97. The molecule has 0 spiro atoms. The predicted octanol–water partition coefficient (Wildman–Crippen LogP) is 0.330. The monoisotopic (exact) mass is 170 g/mol. The standard InChI is InChI=1S/C8H14N2O2/c1-7-8(6-11)5-10(9-7)3-4-12-2/h5,11H,3-4,6H2,1-2H3. The summed E-state index contributed by atoms with van der Waals surface area (Å²) in [5.74, 6) is 0. The van der Waals surface area contributed by atoms with Crippen LogP contribution in [0.1, 0.15) is 11.3 Å². The molecule has 0 aliphatic rings. The Labute approximate surface area is 71.8 Å². The van der Waals surface area contributed by atoms with Crippen LogP contribution in [0.4, 0.5) is 0 Å². The fourth-order valence-electron chi connectivity index (χ4n) is 1.01. The molecule has 0 unspecified atom stereocenters. The van der Waals surface area contributed by atoms with Crippen molar-refractivity contribution in [1.82, 2.24) is 9.78 Å². The highest BCUT2D eigenvalue weighted by atomic mass is 16.5. The van der Waals surface area contributed by atoms with Gasteiger partial charge in [0.05, 0.1) is 25.5 Å². The van der Waals surface area contributed by atoms with E-state index in [1.807, 2.05) is 13.1 Å². The minimum atomic E-state index is 0.0544. The first-order valence-electron chi connectivity index (χ1n) is 3.90. The molecule has 1 N–H and O–H groups in total. The molecule has 0 radical (unpaired) electrons. The summed E-state index contributed by atoms with van der Waals surface area (Å²) in [5, 5.41) is 13.1. The van der Waals surface area contributed by atoms with Gasteiger partial charge in [0.2, 0.25) is 0 Å². The molecule has 1 heterocycles. The van der Waals surface area contributed by atoms with E-state index < -0.39 is 0 Å². The van der Waals surface area contributed by atoms with Gasteiger partial charge in [-0.25, -0.2) is 0 Å². The molecule has 0 fully saturated rings. The van der Waals surface area contributed by atoms with Crippen LogP contribution in [0, 0.1) is 6.92 Å². The number of aliphatic hydroxyl groups excluding tert-OH is 1. The predicted molar refractivity (Wildman–Crippen MR) is 44.8 cm³/mol. The Bertz CT molecular complexity index is 245. The SMILES string of the molecule is COCCn1cc(CO)c(C)n1. The first-order chi connectivity index (χ1) is 5.77. The maximum absolute atomic E-state index is 8.87. The molecule has 68 valence electrons. The van der Waals surface area contributed by atoms with E-state index in [4.69, 9.17) is 9.84 Å². The molecule has 0 aromatic carbocycles. The molecule has 0 bridgehead atoms. The Hall–Kier alpha value is -0.870. The van der Waals surface area contributed by atoms with Crippen molar-refractivity contribution >= 4 is 0 Å². The van der Waals surface area contributed by atoms with Gasteiger partial charge in [-0.2, -0.15) is 5.10 Å². The van der Waals surface area contributed by atoms with Crippen molar-refractivity contribution in [2.75, 3.05) is 13.7 Å². The zero-order valence-corrected chi connectivity index (χ0v) is 7.45. The van der Waals surface area contributed by atoms with Crippen LogP contribution in [0.2, 0.25) is 0 Å². The van der Waals surface area contributed by atoms with Crippen LogP contribution < -0.4 is 0 Å². The lowest BCUT2D eigenvalue weighted by molar-refractivity contribution is 0.183. The highest BCUT2D eigenvalue weighted by Gasteiger charge is 2.01. The number of hydrogen-bond donors (Lipinski definition) is 1. The quantitative estimate of drug-likeness (QED) is 0.708. The van der Waals surface area contributed by atoms with Crippen molar-refractivity contribution in [2.24, 2.45) is 0 Å². The van der Waals surface area contributed by atoms with Gasteiger partial charge in [0.15, 0.2) is 0 Å². The minimum absolute atomic E-state index is 0.0544. The zero-order valence-electron chi connectivity index (χ0n) is 7.45. The van der Waals surface area contributed by atoms with Crippen LogP contribution in [-0.4, -0.2) is 28.6 Å². The van der Waals surface area contributed by atoms with Crippen LogP contribution in [0.15, 0.2) is 6.20 Å². The van der Waals surface area contributed by atoms with E-state index in [1.54, 1.807) is 11.8 Å². The third-order valence-electron chi connectivity index (χ3n) is 1.74. The number of ether oxygens (including phenoxy) is 1. The van der Waals surface area contributed by atoms with Gasteiger partial charge in [0.25, 0.3) is 0 Å². The number of methoxy groups -OCH3 is 1. The molecule has 0 saturated carbocycles. The van der Waals surface area contributed by atoms with E-state index in [0.29, 0.717) is 6.61 Å². The van der Waals surface area contributed by atoms with Crippen molar-refractivity contribution in [2.45, 2.75) is 20.1 Å². The third kappa shape index (κ3) is 2.06. The van der Waals surface area contributed by atoms with E-state index in [-0.39, 0.29) is 6.61 Å². The van der Waals surface area contributed by atoms with Gasteiger partial charge in [-0.05, 0) is 6.92 Å². The number of aryl methyl sites for hydroxylation is 1. The second-order valence-corrected chi connectivity index (χ2v) is 2.65. The number of aliphatic hydroxyl groups is 1. The van der Waals surface area contributed by atoms with Gasteiger partial charge in [-0.1, -0.05) is 0 Å². The van der Waals surface area contributed by atoms with E-state index in [9.17, 15) is 0 Å². The summed E-state index contributed by atoms with van der Waals surface area (Å²) in [7, 11) is 1.66. The second kappa shape index (κ2) is 4.23. The Kier molecular flexibility index (Phi) is 3.25. The van der Waals surface area contributed by atoms with Crippen molar-refractivity contribution in [3.05, 3.63) is 17.5 Å². The lowest BCUT2D eigenvalue weighted by Gasteiger charge is -1.97. The minimum Gasteiger partial charge on any atom is -0.392 e. The maximum atomic E-state index is 8.87. The fraction of sp³-hybridized carbons (Fsp3) is 0.625. The lowest BCUT2D eigenvalue weighted by atomic mass is 10.3. The largest absolute Gasteiger partial charge is 0.392 e. The average molecular weight is 170 g/mol. The Morgan fingerprint density at radius 2 is 2.42 bits per heavy atom. The molecule has 0 aliphatic carbocycles. The molecule has 0 atom stereocenters. The summed E-state index contributed by atoms with van der Waals surface area (Å²) in [6, 6.07) is 0. The number of aromatic nitrogens is 2. The molecular weight excluding hydrogens is 156 g/mol. The summed E-state index contributed by atoms with van der Waals surface area (Å²) in [5.41, 5.74) is 1.76. The molecule has 4 nitrogen and oxygen atoms in total. The molecule has 1 rings (SSSR count). The first-order valence-corrected chi connectivity index (χ1v) is 3.90. The molecular formula is C8H14N2O2. The normalized spacial score (nSPS) is 10.6. The molecule has 12 heavy (non-hydrogen) atoms. The molecule has 1 aromatic heterocycles. The topological polar surface area (TPSA) is 47.3 Å². The summed E-state index contributed by atoms with van der Waals surface area (Å²) in [6.45, 7) is 3.32. The van der Waals surface area contributed by atoms with Crippen molar-refractivity contribution in [3.63, 3.8) is 0 Å².